The maximum Gasteiger partial charge on any atom is 0.263 e. The topological polar surface area (TPSA) is 90.4 Å². The molecule has 28 heavy (non-hydrogen) atoms. The molecule has 0 saturated carbocycles. The summed E-state index contributed by atoms with van der Waals surface area (Å²) in [4.78, 5) is 7.96. The van der Waals surface area contributed by atoms with Crippen molar-refractivity contribution in [3.05, 3.63) is 70.6 Å². The molecule has 2 heterocycles. The first-order valence-corrected chi connectivity index (χ1v) is 10.4. The summed E-state index contributed by atoms with van der Waals surface area (Å²) in [5.74, 6) is 1.17. The lowest BCUT2D eigenvalue weighted by molar-refractivity contribution is 0.413. The fraction of sp³-hybridized carbons (Fsp3) is 0.111. The molecule has 0 unspecified atom stereocenters. The number of ether oxygens (including phenoxy) is 2. The number of hydrogen-bond acceptors (Lipinski definition) is 6. The van der Waals surface area contributed by atoms with E-state index in [0.717, 1.165) is 0 Å². The van der Waals surface area contributed by atoms with Crippen molar-refractivity contribution in [2.24, 2.45) is 0 Å². The Morgan fingerprint density at radius 3 is 2.32 bits per heavy atom. The molecule has 3 rings (SSSR count). The van der Waals surface area contributed by atoms with Gasteiger partial charge < -0.3 is 9.47 Å². The minimum Gasteiger partial charge on any atom is -0.495 e. The van der Waals surface area contributed by atoms with Crippen LogP contribution in [0.2, 0.25) is 5.02 Å². The molecule has 148 valence electrons. The molecule has 0 aliphatic rings. The monoisotopic (exact) mass is 485 g/mol. The van der Waals surface area contributed by atoms with Gasteiger partial charge in [-0.15, -0.1) is 0 Å². The van der Waals surface area contributed by atoms with Crippen LogP contribution in [0.15, 0.2) is 70.4 Å². The molecule has 0 bridgehead atoms. The minimum absolute atomic E-state index is 0.148. The molecule has 7 nitrogen and oxygen atoms in total. The highest BCUT2D eigenvalue weighted by molar-refractivity contribution is 9.10. The lowest BCUT2D eigenvalue weighted by Crippen LogP contribution is -2.14. The van der Waals surface area contributed by atoms with E-state index in [9.17, 15) is 8.42 Å². The van der Waals surface area contributed by atoms with E-state index in [1.165, 1.54) is 25.4 Å². The first-order valence-electron chi connectivity index (χ1n) is 7.77. The minimum atomic E-state index is -3.67. The van der Waals surface area contributed by atoms with Crippen LogP contribution in [0.3, 0.4) is 0 Å². The molecule has 10 heteroatoms. The Balaban J connectivity index is 0.000000261. The van der Waals surface area contributed by atoms with E-state index < -0.39 is 10.0 Å². The molecular formula is C18H17BrClN3O4S. The molecule has 0 aliphatic carbocycles. The summed E-state index contributed by atoms with van der Waals surface area (Å²) in [7, 11) is -0.642. The maximum absolute atomic E-state index is 12.1. The Kier molecular flexibility index (Phi) is 8.04. The summed E-state index contributed by atoms with van der Waals surface area (Å²) in [5.41, 5.74) is 0. The molecule has 2 aromatic heterocycles. The average Bonchev–Trinajstić information content (AvgIpc) is 2.70. The second-order valence-electron chi connectivity index (χ2n) is 5.17. The van der Waals surface area contributed by atoms with E-state index in [1.54, 1.807) is 49.8 Å². The molecule has 0 saturated heterocycles. The van der Waals surface area contributed by atoms with E-state index in [0.29, 0.717) is 21.0 Å². The van der Waals surface area contributed by atoms with Crippen molar-refractivity contribution in [3.63, 3.8) is 0 Å². The fourth-order valence-corrected chi connectivity index (χ4v) is 3.46. The van der Waals surface area contributed by atoms with Gasteiger partial charge in [0.25, 0.3) is 10.0 Å². The Morgan fingerprint density at radius 1 is 1.04 bits per heavy atom. The normalized spacial score (nSPS) is 10.4. The third-order valence-corrected chi connectivity index (χ3v) is 5.23. The Hall–Kier alpha value is -2.36. The summed E-state index contributed by atoms with van der Waals surface area (Å²) in [5, 5.41) is 0.592. The first-order chi connectivity index (χ1) is 13.4. The summed E-state index contributed by atoms with van der Waals surface area (Å²) in [6.45, 7) is 0. The second-order valence-corrected chi connectivity index (χ2v) is 8.20. The van der Waals surface area contributed by atoms with Gasteiger partial charge in [-0.1, -0.05) is 29.8 Å². The van der Waals surface area contributed by atoms with Gasteiger partial charge in [0, 0.05) is 22.9 Å². The van der Waals surface area contributed by atoms with Crippen molar-refractivity contribution in [2.75, 3.05) is 18.9 Å². The Labute approximate surface area is 176 Å². The summed E-state index contributed by atoms with van der Waals surface area (Å²) in [6, 6.07) is 11.4. The number of benzene rings is 1. The number of methoxy groups -OCH3 is 2. The van der Waals surface area contributed by atoms with E-state index in [4.69, 9.17) is 21.1 Å². The number of hydrogen-bond donors (Lipinski definition) is 1. The smallest absolute Gasteiger partial charge is 0.263 e. The predicted molar refractivity (Wildman–Crippen MR) is 112 cm³/mol. The zero-order chi connectivity index (χ0) is 20.6. The van der Waals surface area contributed by atoms with Gasteiger partial charge in [-0.3, -0.25) is 9.71 Å². The van der Waals surface area contributed by atoms with Gasteiger partial charge in [0.05, 0.1) is 30.3 Å². The average molecular weight is 487 g/mol. The molecule has 0 atom stereocenters. The number of nitrogens with zero attached hydrogens (tertiary/aromatic N) is 2. The van der Waals surface area contributed by atoms with Crippen LogP contribution in [0, 0.1) is 0 Å². The van der Waals surface area contributed by atoms with Gasteiger partial charge >= 0.3 is 0 Å². The van der Waals surface area contributed by atoms with Crippen molar-refractivity contribution >= 4 is 43.4 Å². The molecule has 0 fully saturated rings. The zero-order valence-electron chi connectivity index (χ0n) is 15.0. The van der Waals surface area contributed by atoms with Gasteiger partial charge in [-0.25, -0.2) is 13.4 Å². The third-order valence-electron chi connectivity index (χ3n) is 3.24. The van der Waals surface area contributed by atoms with Gasteiger partial charge in [-0.2, -0.15) is 0 Å². The van der Waals surface area contributed by atoms with Crippen LogP contribution < -0.4 is 14.2 Å². The molecule has 3 aromatic rings. The number of anilines is 1. The fourth-order valence-electron chi connectivity index (χ4n) is 1.94. The number of aromatic nitrogens is 2. The van der Waals surface area contributed by atoms with Crippen molar-refractivity contribution in [2.45, 2.75) is 4.90 Å². The van der Waals surface area contributed by atoms with E-state index in [1.807, 2.05) is 0 Å². The van der Waals surface area contributed by atoms with Crippen molar-refractivity contribution in [3.8, 4) is 11.5 Å². The van der Waals surface area contributed by atoms with Crippen LogP contribution in [0.25, 0.3) is 0 Å². The number of nitrogens with one attached hydrogen (secondary N) is 1. The van der Waals surface area contributed by atoms with E-state index >= 15 is 0 Å². The maximum atomic E-state index is 12.1. The Bertz CT molecular complexity index is 1020. The van der Waals surface area contributed by atoms with E-state index in [2.05, 4.69) is 30.6 Å². The molecule has 0 aliphatic heterocycles. The van der Waals surface area contributed by atoms with Crippen LogP contribution >= 0.6 is 27.5 Å². The largest absolute Gasteiger partial charge is 0.495 e. The SMILES string of the molecule is COc1cc(Br)cnc1NS(=O)(=O)c1ccccc1.COc1cncc(Cl)c1. The van der Waals surface area contributed by atoms with Crippen molar-refractivity contribution < 1.29 is 17.9 Å². The van der Waals surface area contributed by atoms with Crippen LogP contribution in [0.4, 0.5) is 5.82 Å². The Morgan fingerprint density at radius 2 is 1.75 bits per heavy atom. The number of rotatable bonds is 5. The molecule has 1 aromatic carbocycles. The quantitative estimate of drug-likeness (QED) is 0.575. The van der Waals surface area contributed by atoms with Gasteiger partial charge in [-0.05, 0) is 34.1 Å². The van der Waals surface area contributed by atoms with Crippen LogP contribution in [-0.4, -0.2) is 32.6 Å². The molecular weight excluding hydrogens is 470 g/mol. The van der Waals surface area contributed by atoms with Crippen LogP contribution in [0.5, 0.6) is 11.5 Å². The molecule has 1 N–H and O–H groups in total. The number of sulfonamides is 1. The zero-order valence-corrected chi connectivity index (χ0v) is 18.1. The van der Waals surface area contributed by atoms with Crippen molar-refractivity contribution in [1.29, 1.82) is 0 Å². The first kappa shape index (κ1) is 21.9. The number of halogens is 2. The van der Waals surface area contributed by atoms with Crippen LogP contribution in [0.1, 0.15) is 0 Å². The van der Waals surface area contributed by atoms with Gasteiger partial charge in [0.15, 0.2) is 11.6 Å². The highest BCUT2D eigenvalue weighted by atomic mass is 79.9. The second kappa shape index (κ2) is 10.3. The summed E-state index contributed by atoms with van der Waals surface area (Å²) in [6.07, 6.45) is 4.65. The lowest BCUT2D eigenvalue weighted by atomic mass is 10.4. The van der Waals surface area contributed by atoms with Gasteiger partial charge in [0.1, 0.15) is 5.75 Å². The predicted octanol–water partition coefficient (Wildman–Crippen LogP) is 4.40. The third kappa shape index (κ3) is 6.36. The van der Waals surface area contributed by atoms with E-state index in [-0.39, 0.29) is 10.7 Å². The lowest BCUT2D eigenvalue weighted by Gasteiger charge is -2.10. The number of pyridine rings is 2. The highest BCUT2D eigenvalue weighted by Gasteiger charge is 2.17. The van der Waals surface area contributed by atoms with Crippen LogP contribution in [-0.2, 0) is 10.0 Å². The summed E-state index contributed by atoms with van der Waals surface area (Å²) < 4.78 is 37.3. The molecule has 0 spiro atoms. The molecule has 0 radical (unpaired) electrons. The highest BCUT2D eigenvalue weighted by Crippen LogP contribution is 2.27. The standard InChI is InChI=1S/C12H11BrN2O3S.C6H6ClNO/c1-18-11-7-9(13)8-14-12(11)15-19(16,17)10-5-3-2-4-6-10;1-9-6-2-5(7)3-8-4-6/h2-8H,1H3,(H,14,15);2-4H,1H3. The van der Waals surface area contributed by atoms with Gasteiger partial charge in [0.2, 0.25) is 0 Å². The van der Waals surface area contributed by atoms with Crippen molar-refractivity contribution in [1.82, 2.24) is 9.97 Å². The molecule has 0 amide bonds. The summed E-state index contributed by atoms with van der Waals surface area (Å²) >= 11 is 8.82.